The summed E-state index contributed by atoms with van der Waals surface area (Å²) in [5.74, 6) is 1.61. The largest absolute Gasteiger partial charge is 0.490 e. The predicted molar refractivity (Wildman–Crippen MR) is 122 cm³/mol. The SMILES string of the molecule is CC(C)C(NCc1nc2ccccc2c(=O)n1CC(N)=O)c1ccc2c(c1)OCCCO2. The van der Waals surface area contributed by atoms with Crippen molar-refractivity contribution in [1.82, 2.24) is 14.9 Å². The molecule has 0 bridgehead atoms. The van der Waals surface area contributed by atoms with Crippen molar-refractivity contribution in [3.63, 3.8) is 0 Å². The van der Waals surface area contributed by atoms with Crippen molar-refractivity contribution in [2.45, 2.75) is 39.4 Å². The second-order valence-electron chi connectivity index (χ2n) is 8.26. The van der Waals surface area contributed by atoms with Crippen molar-refractivity contribution >= 4 is 16.8 Å². The Kier molecular flexibility index (Phi) is 6.41. The highest BCUT2D eigenvalue weighted by Crippen LogP contribution is 2.34. The average molecular weight is 437 g/mol. The van der Waals surface area contributed by atoms with Crippen LogP contribution in [0.2, 0.25) is 0 Å². The molecule has 0 spiro atoms. The number of nitrogens with one attached hydrogen (secondary N) is 1. The van der Waals surface area contributed by atoms with Crippen molar-refractivity contribution < 1.29 is 14.3 Å². The molecule has 1 aliphatic rings. The molecule has 3 N–H and O–H groups in total. The molecule has 0 fully saturated rings. The van der Waals surface area contributed by atoms with Crippen LogP contribution in [0.4, 0.5) is 0 Å². The highest BCUT2D eigenvalue weighted by Gasteiger charge is 2.21. The number of carbonyl (C=O) groups excluding carboxylic acids is 1. The van der Waals surface area contributed by atoms with Crippen molar-refractivity contribution in [1.29, 1.82) is 0 Å². The zero-order chi connectivity index (χ0) is 22.7. The normalized spacial score (nSPS) is 14.3. The molecule has 2 heterocycles. The second kappa shape index (κ2) is 9.40. The van der Waals surface area contributed by atoms with Crippen LogP contribution in [0.3, 0.4) is 0 Å². The summed E-state index contributed by atoms with van der Waals surface area (Å²) in [6.07, 6.45) is 0.848. The van der Waals surface area contributed by atoms with E-state index in [0.29, 0.717) is 36.5 Å². The van der Waals surface area contributed by atoms with E-state index in [1.807, 2.05) is 24.3 Å². The van der Waals surface area contributed by atoms with Gasteiger partial charge in [-0.15, -0.1) is 0 Å². The number of benzene rings is 2. The zero-order valence-corrected chi connectivity index (χ0v) is 18.3. The van der Waals surface area contributed by atoms with E-state index in [1.165, 1.54) is 4.57 Å². The number of para-hydroxylation sites is 1. The van der Waals surface area contributed by atoms with Gasteiger partial charge in [-0.1, -0.05) is 32.0 Å². The highest BCUT2D eigenvalue weighted by atomic mass is 16.5. The fraction of sp³-hybridized carbons (Fsp3) is 0.375. The maximum atomic E-state index is 13.0. The van der Waals surface area contributed by atoms with Crippen LogP contribution in [-0.2, 0) is 17.9 Å². The van der Waals surface area contributed by atoms with Gasteiger partial charge in [0.15, 0.2) is 11.5 Å². The van der Waals surface area contributed by atoms with Crippen LogP contribution < -0.4 is 26.1 Å². The fourth-order valence-electron chi connectivity index (χ4n) is 3.98. The topological polar surface area (TPSA) is 108 Å². The third-order valence-electron chi connectivity index (χ3n) is 5.53. The van der Waals surface area contributed by atoms with Crippen LogP contribution in [0.25, 0.3) is 10.9 Å². The number of amides is 1. The summed E-state index contributed by atoms with van der Waals surface area (Å²) in [7, 11) is 0. The van der Waals surface area contributed by atoms with E-state index in [1.54, 1.807) is 18.2 Å². The van der Waals surface area contributed by atoms with Crippen LogP contribution in [-0.4, -0.2) is 28.7 Å². The number of primary amides is 1. The number of rotatable bonds is 7. The summed E-state index contributed by atoms with van der Waals surface area (Å²) in [6, 6.07) is 13.0. The molecule has 0 saturated heterocycles. The monoisotopic (exact) mass is 436 g/mol. The molecular weight excluding hydrogens is 408 g/mol. The molecule has 0 saturated carbocycles. The Balaban J connectivity index is 1.65. The number of fused-ring (bicyclic) bond motifs is 2. The van der Waals surface area contributed by atoms with Gasteiger partial charge < -0.3 is 20.5 Å². The van der Waals surface area contributed by atoms with Crippen LogP contribution >= 0.6 is 0 Å². The maximum absolute atomic E-state index is 13.0. The first-order chi connectivity index (χ1) is 15.4. The van der Waals surface area contributed by atoms with Crippen molar-refractivity contribution in [2.75, 3.05) is 13.2 Å². The number of ether oxygens (including phenoxy) is 2. The third kappa shape index (κ3) is 4.60. The summed E-state index contributed by atoms with van der Waals surface area (Å²) in [5, 5.41) is 3.97. The Hall–Kier alpha value is -3.39. The smallest absolute Gasteiger partial charge is 0.261 e. The molecule has 168 valence electrons. The molecule has 3 aromatic rings. The van der Waals surface area contributed by atoms with Crippen molar-refractivity contribution in [2.24, 2.45) is 11.7 Å². The van der Waals surface area contributed by atoms with Gasteiger partial charge in [0.1, 0.15) is 12.4 Å². The van der Waals surface area contributed by atoms with Gasteiger partial charge in [-0.2, -0.15) is 0 Å². The maximum Gasteiger partial charge on any atom is 0.261 e. The van der Waals surface area contributed by atoms with E-state index in [9.17, 15) is 9.59 Å². The average Bonchev–Trinajstić information content (AvgIpc) is 3.01. The number of hydrogen-bond donors (Lipinski definition) is 2. The van der Waals surface area contributed by atoms with E-state index >= 15 is 0 Å². The van der Waals surface area contributed by atoms with E-state index in [-0.39, 0.29) is 24.1 Å². The van der Waals surface area contributed by atoms with E-state index < -0.39 is 5.91 Å². The molecule has 1 amide bonds. The molecule has 2 aromatic carbocycles. The first-order valence-electron chi connectivity index (χ1n) is 10.8. The third-order valence-corrected chi connectivity index (χ3v) is 5.53. The quantitative estimate of drug-likeness (QED) is 0.589. The summed E-state index contributed by atoms with van der Waals surface area (Å²) in [5.41, 5.74) is 6.77. The Morgan fingerprint density at radius 1 is 1.16 bits per heavy atom. The Labute approximate surface area is 186 Å². The van der Waals surface area contributed by atoms with Crippen molar-refractivity contribution in [3.8, 4) is 11.5 Å². The molecule has 4 rings (SSSR count). The molecule has 0 radical (unpaired) electrons. The van der Waals surface area contributed by atoms with E-state index in [0.717, 1.165) is 23.5 Å². The minimum absolute atomic E-state index is 0.0300. The number of hydrogen-bond acceptors (Lipinski definition) is 6. The van der Waals surface area contributed by atoms with E-state index in [4.69, 9.17) is 15.2 Å². The number of carbonyl (C=O) groups is 1. The summed E-state index contributed by atoms with van der Waals surface area (Å²) >= 11 is 0. The first-order valence-corrected chi connectivity index (χ1v) is 10.8. The fourth-order valence-corrected chi connectivity index (χ4v) is 3.98. The Bertz CT molecular complexity index is 1190. The highest BCUT2D eigenvalue weighted by molar-refractivity contribution is 5.78. The lowest BCUT2D eigenvalue weighted by Crippen LogP contribution is -2.34. The Morgan fingerprint density at radius 3 is 2.66 bits per heavy atom. The van der Waals surface area contributed by atoms with Gasteiger partial charge in [-0.25, -0.2) is 4.98 Å². The first kappa shape index (κ1) is 21.8. The minimum Gasteiger partial charge on any atom is -0.490 e. The molecule has 1 atom stereocenters. The molecule has 1 unspecified atom stereocenters. The molecule has 1 aromatic heterocycles. The molecule has 8 heteroatoms. The van der Waals surface area contributed by atoms with Crippen LogP contribution in [0.1, 0.15) is 37.7 Å². The van der Waals surface area contributed by atoms with Gasteiger partial charge in [-0.05, 0) is 35.7 Å². The lowest BCUT2D eigenvalue weighted by Gasteiger charge is -2.24. The molecule has 32 heavy (non-hydrogen) atoms. The van der Waals surface area contributed by atoms with E-state index in [2.05, 4.69) is 24.1 Å². The molecule has 0 aliphatic carbocycles. The standard InChI is InChI=1S/C24H28N4O4/c1-15(2)23(16-8-9-19-20(12-16)32-11-5-10-31-19)26-13-22-27-18-7-4-3-6-17(18)24(30)28(22)14-21(25)29/h3-4,6-9,12,15,23,26H,5,10-11,13-14H2,1-2H3,(H2,25,29). The lowest BCUT2D eigenvalue weighted by atomic mass is 9.95. The van der Waals surface area contributed by atoms with Gasteiger partial charge in [0.2, 0.25) is 5.91 Å². The number of nitrogens with two attached hydrogens (primary N) is 1. The Morgan fingerprint density at radius 2 is 1.91 bits per heavy atom. The number of aromatic nitrogens is 2. The zero-order valence-electron chi connectivity index (χ0n) is 18.3. The van der Waals surface area contributed by atoms with Gasteiger partial charge >= 0.3 is 0 Å². The van der Waals surface area contributed by atoms with Gasteiger partial charge in [0.25, 0.3) is 5.56 Å². The van der Waals surface area contributed by atoms with Crippen LogP contribution in [0, 0.1) is 5.92 Å². The van der Waals surface area contributed by atoms with Gasteiger partial charge in [0.05, 0.1) is 30.7 Å². The summed E-state index contributed by atoms with van der Waals surface area (Å²) in [6.45, 7) is 5.57. The van der Waals surface area contributed by atoms with Gasteiger partial charge in [-0.3, -0.25) is 14.2 Å². The van der Waals surface area contributed by atoms with Crippen LogP contribution in [0.15, 0.2) is 47.3 Å². The number of nitrogens with zero attached hydrogens (tertiary/aromatic N) is 2. The summed E-state index contributed by atoms with van der Waals surface area (Å²) < 4.78 is 12.9. The lowest BCUT2D eigenvalue weighted by molar-refractivity contribution is -0.118. The molecular formula is C24H28N4O4. The second-order valence-corrected chi connectivity index (χ2v) is 8.26. The van der Waals surface area contributed by atoms with Crippen LogP contribution in [0.5, 0.6) is 11.5 Å². The predicted octanol–water partition coefficient (Wildman–Crippen LogP) is 2.53. The molecule has 1 aliphatic heterocycles. The molecule has 8 nitrogen and oxygen atoms in total. The van der Waals surface area contributed by atoms with Crippen molar-refractivity contribution in [3.05, 3.63) is 64.2 Å². The summed E-state index contributed by atoms with van der Waals surface area (Å²) in [4.78, 5) is 29.3. The van der Waals surface area contributed by atoms with Gasteiger partial charge in [0, 0.05) is 12.5 Å². The minimum atomic E-state index is -0.589.